The molecule has 0 fully saturated rings. The van der Waals surface area contributed by atoms with E-state index in [1.54, 1.807) is 0 Å². The topological polar surface area (TPSA) is 77.0 Å². The van der Waals surface area contributed by atoms with E-state index in [1.165, 1.54) is 5.12 Å². The van der Waals surface area contributed by atoms with Crippen molar-refractivity contribution >= 4 is 11.8 Å². The number of benzene rings is 1. The van der Waals surface area contributed by atoms with Crippen molar-refractivity contribution in [3.05, 3.63) is 35.9 Å². The number of hydrazone groups is 1. The van der Waals surface area contributed by atoms with Crippen LogP contribution in [0.4, 0.5) is 0 Å². The van der Waals surface area contributed by atoms with E-state index in [2.05, 4.69) is 16.1 Å². The van der Waals surface area contributed by atoms with Gasteiger partial charge in [-0.05, 0) is 5.56 Å². The zero-order chi connectivity index (χ0) is 10.7. The summed E-state index contributed by atoms with van der Waals surface area (Å²) in [6.45, 7) is 0.505. The molecule has 78 valence electrons. The number of carbonyl (C=O) groups is 1. The summed E-state index contributed by atoms with van der Waals surface area (Å²) in [5.74, 6) is -1.19. The number of aliphatic carboxylic acids is 1. The molecule has 1 aromatic carbocycles. The van der Waals surface area contributed by atoms with Gasteiger partial charge in [0.1, 0.15) is 0 Å². The fourth-order valence-electron chi connectivity index (χ4n) is 1.22. The van der Waals surface area contributed by atoms with Crippen LogP contribution in [0.2, 0.25) is 0 Å². The maximum absolute atomic E-state index is 10.5. The van der Waals surface area contributed by atoms with Crippen molar-refractivity contribution < 1.29 is 9.90 Å². The summed E-state index contributed by atoms with van der Waals surface area (Å²) in [6, 6.07) is 9.64. The summed E-state index contributed by atoms with van der Waals surface area (Å²) >= 11 is 0. The lowest BCUT2D eigenvalue weighted by Crippen LogP contribution is -2.40. The van der Waals surface area contributed by atoms with E-state index in [0.29, 0.717) is 6.54 Å². The van der Waals surface area contributed by atoms with Crippen LogP contribution in [0, 0.1) is 0 Å². The Hall–Kier alpha value is -2.08. The molecular formula is C9H10N4O2. The standard InChI is InChI=1S/C9H10N4O2/c14-9(15)8-10-12-13(11-8)6-7-4-2-1-3-5-7/h1-5,12H,6H2,(H,10,11)(H,14,15). The van der Waals surface area contributed by atoms with Gasteiger partial charge in [0, 0.05) is 0 Å². The van der Waals surface area contributed by atoms with Gasteiger partial charge >= 0.3 is 5.97 Å². The molecular weight excluding hydrogens is 196 g/mol. The highest BCUT2D eigenvalue weighted by atomic mass is 16.4. The first-order chi connectivity index (χ1) is 7.25. The average molecular weight is 206 g/mol. The number of amidine groups is 1. The molecule has 1 aromatic rings. The SMILES string of the molecule is O=C(O)C1=NN(Cc2ccccc2)NN1. The molecule has 3 N–H and O–H groups in total. The Balaban J connectivity index is 2.01. The predicted octanol–water partition coefficient (Wildman–Crippen LogP) is -0.0905. The van der Waals surface area contributed by atoms with Crippen LogP contribution in [0.3, 0.4) is 0 Å². The molecule has 6 nitrogen and oxygen atoms in total. The Morgan fingerprint density at radius 2 is 2.13 bits per heavy atom. The molecule has 1 heterocycles. The second-order valence-electron chi connectivity index (χ2n) is 3.03. The maximum atomic E-state index is 10.5. The number of nitrogens with zero attached hydrogens (tertiary/aromatic N) is 2. The van der Waals surface area contributed by atoms with Crippen LogP contribution in [-0.2, 0) is 11.3 Å². The van der Waals surface area contributed by atoms with Gasteiger partial charge in [-0.25, -0.2) is 9.91 Å². The van der Waals surface area contributed by atoms with E-state index >= 15 is 0 Å². The second kappa shape index (κ2) is 3.97. The molecule has 0 spiro atoms. The molecule has 0 radical (unpaired) electrons. The third-order valence-corrected chi connectivity index (χ3v) is 1.90. The van der Waals surface area contributed by atoms with Gasteiger partial charge in [0.05, 0.1) is 6.54 Å². The van der Waals surface area contributed by atoms with Gasteiger partial charge in [0.2, 0.25) is 5.84 Å². The van der Waals surface area contributed by atoms with E-state index in [4.69, 9.17) is 5.11 Å². The van der Waals surface area contributed by atoms with Crippen LogP contribution in [-0.4, -0.2) is 22.0 Å². The van der Waals surface area contributed by atoms with Gasteiger partial charge in [-0.1, -0.05) is 30.3 Å². The Kier molecular flexibility index (Phi) is 2.51. The van der Waals surface area contributed by atoms with Crippen molar-refractivity contribution in [2.45, 2.75) is 6.54 Å². The number of carboxylic acid groups (broad SMARTS) is 1. The summed E-state index contributed by atoms with van der Waals surface area (Å²) in [7, 11) is 0. The maximum Gasteiger partial charge on any atom is 0.374 e. The monoisotopic (exact) mass is 206 g/mol. The van der Waals surface area contributed by atoms with E-state index in [-0.39, 0.29) is 5.84 Å². The number of hydrazine groups is 2. The Morgan fingerprint density at radius 3 is 2.73 bits per heavy atom. The third kappa shape index (κ3) is 2.23. The minimum atomic E-state index is -1.09. The lowest BCUT2D eigenvalue weighted by molar-refractivity contribution is -0.129. The zero-order valence-corrected chi connectivity index (χ0v) is 7.84. The van der Waals surface area contributed by atoms with Crippen molar-refractivity contribution in [1.29, 1.82) is 0 Å². The van der Waals surface area contributed by atoms with Crippen molar-refractivity contribution in [3.63, 3.8) is 0 Å². The van der Waals surface area contributed by atoms with Crippen molar-refractivity contribution in [1.82, 2.24) is 16.1 Å². The number of hydrogen-bond acceptors (Lipinski definition) is 5. The van der Waals surface area contributed by atoms with E-state index in [0.717, 1.165) is 5.56 Å². The van der Waals surface area contributed by atoms with Gasteiger partial charge < -0.3 is 5.11 Å². The average Bonchev–Trinajstić information content (AvgIpc) is 2.68. The molecule has 0 atom stereocenters. The summed E-state index contributed by atoms with van der Waals surface area (Å²) in [6.07, 6.45) is 0. The minimum absolute atomic E-state index is 0.106. The first-order valence-corrected chi connectivity index (χ1v) is 4.41. The summed E-state index contributed by atoms with van der Waals surface area (Å²) < 4.78 is 0. The van der Waals surface area contributed by atoms with Gasteiger partial charge in [-0.3, -0.25) is 5.43 Å². The third-order valence-electron chi connectivity index (χ3n) is 1.90. The lowest BCUT2D eigenvalue weighted by Gasteiger charge is -2.12. The van der Waals surface area contributed by atoms with Crippen LogP contribution >= 0.6 is 0 Å². The molecule has 15 heavy (non-hydrogen) atoms. The largest absolute Gasteiger partial charge is 0.475 e. The number of hydrogen-bond donors (Lipinski definition) is 3. The first-order valence-electron chi connectivity index (χ1n) is 4.41. The van der Waals surface area contributed by atoms with Crippen LogP contribution < -0.4 is 11.0 Å². The molecule has 1 aliphatic heterocycles. The van der Waals surface area contributed by atoms with E-state index < -0.39 is 5.97 Å². The number of carboxylic acids is 1. The Labute approximate surface area is 86.1 Å². The lowest BCUT2D eigenvalue weighted by atomic mass is 10.2. The van der Waals surface area contributed by atoms with Gasteiger partial charge in [-0.15, -0.1) is 10.6 Å². The first kappa shape index (κ1) is 9.47. The summed E-state index contributed by atoms with van der Waals surface area (Å²) in [5, 5.41) is 13.9. The summed E-state index contributed by atoms with van der Waals surface area (Å²) in [4.78, 5) is 10.5. The highest BCUT2D eigenvalue weighted by molar-refractivity contribution is 6.34. The van der Waals surface area contributed by atoms with Crippen LogP contribution in [0.5, 0.6) is 0 Å². The van der Waals surface area contributed by atoms with Crippen LogP contribution in [0.15, 0.2) is 35.4 Å². The van der Waals surface area contributed by atoms with Crippen molar-refractivity contribution in [2.24, 2.45) is 5.10 Å². The van der Waals surface area contributed by atoms with Crippen molar-refractivity contribution in [3.8, 4) is 0 Å². The molecule has 0 saturated heterocycles. The molecule has 0 saturated carbocycles. The van der Waals surface area contributed by atoms with Crippen molar-refractivity contribution in [2.75, 3.05) is 0 Å². The normalized spacial score (nSPS) is 14.7. The van der Waals surface area contributed by atoms with Crippen LogP contribution in [0.25, 0.3) is 0 Å². The molecule has 0 amide bonds. The quantitative estimate of drug-likeness (QED) is 0.644. The smallest absolute Gasteiger partial charge is 0.374 e. The number of rotatable bonds is 3. The molecule has 6 heteroatoms. The molecule has 2 rings (SSSR count). The van der Waals surface area contributed by atoms with Crippen LogP contribution in [0.1, 0.15) is 5.56 Å². The molecule has 0 aliphatic carbocycles. The van der Waals surface area contributed by atoms with Gasteiger partial charge in [0.25, 0.3) is 0 Å². The fraction of sp³-hybridized carbons (Fsp3) is 0.111. The molecule has 1 aliphatic rings. The predicted molar refractivity (Wildman–Crippen MR) is 53.3 cm³/mol. The molecule has 0 bridgehead atoms. The highest BCUT2D eigenvalue weighted by Crippen LogP contribution is 2.04. The van der Waals surface area contributed by atoms with Gasteiger partial charge in [0.15, 0.2) is 0 Å². The van der Waals surface area contributed by atoms with Gasteiger partial charge in [-0.2, -0.15) is 0 Å². The van der Waals surface area contributed by atoms with E-state index in [9.17, 15) is 4.79 Å². The molecule has 0 unspecified atom stereocenters. The zero-order valence-electron chi connectivity index (χ0n) is 7.84. The Morgan fingerprint density at radius 1 is 1.40 bits per heavy atom. The fourth-order valence-corrected chi connectivity index (χ4v) is 1.22. The number of nitrogens with one attached hydrogen (secondary N) is 2. The van der Waals surface area contributed by atoms with E-state index in [1.807, 2.05) is 30.3 Å². The molecule has 0 aromatic heterocycles. The minimum Gasteiger partial charge on any atom is -0.475 e. The summed E-state index contributed by atoms with van der Waals surface area (Å²) in [5.41, 5.74) is 6.13. The highest BCUT2D eigenvalue weighted by Gasteiger charge is 2.18. The second-order valence-corrected chi connectivity index (χ2v) is 3.03. The Bertz CT molecular complexity index is 390.